The van der Waals surface area contributed by atoms with Crippen LogP contribution in [0.5, 0.6) is 0 Å². The summed E-state index contributed by atoms with van der Waals surface area (Å²) in [4.78, 5) is 8.41. The first kappa shape index (κ1) is 17.7. The van der Waals surface area contributed by atoms with Crippen LogP contribution in [-0.2, 0) is 17.5 Å². The van der Waals surface area contributed by atoms with Gasteiger partial charge in [-0.25, -0.2) is 9.97 Å². The number of halogens is 3. The smallest absolute Gasteiger partial charge is 0.381 e. The first-order chi connectivity index (χ1) is 12.0. The first-order valence-corrected chi connectivity index (χ1v) is 8.37. The van der Waals surface area contributed by atoms with E-state index in [1.165, 1.54) is 6.07 Å². The molecule has 3 heterocycles. The van der Waals surface area contributed by atoms with Gasteiger partial charge in [0, 0.05) is 38.3 Å². The zero-order chi connectivity index (χ0) is 17.9. The van der Waals surface area contributed by atoms with Crippen LogP contribution in [0.3, 0.4) is 0 Å². The molecule has 1 aliphatic rings. The molecular weight excluding hydrogens is 333 g/mol. The Balaban J connectivity index is 1.84. The number of ether oxygens (including phenoxy) is 1. The minimum atomic E-state index is -4.38. The number of hydrogen-bond acceptors (Lipinski definition) is 4. The van der Waals surface area contributed by atoms with Crippen LogP contribution in [0.25, 0.3) is 0 Å². The second-order valence-corrected chi connectivity index (χ2v) is 6.07. The summed E-state index contributed by atoms with van der Waals surface area (Å²) < 4.78 is 45.6. The summed E-state index contributed by atoms with van der Waals surface area (Å²) in [5, 5.41) is 3.29. The van der Waals surface area contributed by atoms with Gasteiger partial charge in [-0.2, -0.15) is 13.2 Å². The third-order valence-electron chi connectivity index (χ3n) is 4.50. The molecule has 0 bridgehead atoms. The van der Waals surface area contributed by atoms with Crippen molar-refractivity contribution in [3.63, 3.8) is 0 Å². The van der Waals surface area contributed by atoms with Gasteiger partial charge in [-0.1, -0.05) is 0 Å². The highest BCUT2D eigenvalue weighted by atomic mass is 19.4. The molecule has 1 atom stereocenters. The number of pyridine rings is 1. The van der Waals surface area contributed by atoms with Crippen molar-refractivity contribution >= 4 is 5.82 Å². The van der Waals surface area contributed by atoms with Crippen molar-refractivity contribution in [1.82, 2.24) is 14.5 Å². The monoisotopic (exact) mass is 354 g/mol. The van der Waals surface area contributed by atoms with Crippen LogP contribution in [-0.4, -0.2) is 27.7 Å². The van der Waals surface area contributed by atoms with E-state index in [0.29, 0.717) is 19.0 Å². The standard InChI is InChI=1S/C17H21F3N4O/c1-2-24-8-7-21-16(24)15(12-5-9-25-10-6-12)23-14-4-3-13(11-22-14)17(18,19)20/h3-4,7-8,11-12,15H,2,5-6,9-10H2,1H3,(H,22,23)/t15-/m1/s1. The Morgan fingerprint density at radius 2 is 2.04 bits per heavy atom. The van der Waals surface area contributed by atoms with Crippen LogP contribution in [0, 0.1) is 5.92 Å². The summed E-state index contributed by atoms with van der Waals surface area (Å²) in [6.07, 6.45) is 1.86. The Bertz CT molecular complexity index is 678. The molecule has 0 saturated carbocycles. The highest BCUT2D eigenvalue weighted by molar-refractivity contribution is 5.38. The highest BCUT2D eigenvalue weighted by Gasteiger charge is 2.32. The van der Waals surface area contributed by atoms with E-state index in [2.05, 4.69) is 15.3 Å². The predicted molar refractivity (Wildman–Crippen MR) is 87.0 cm³/mol. The van der Waals surface area contributed by atoms with Crippen molar-refractivity contribution in [1.29, 1.82) is 0 Å². The summed E-state index contributed by atoms with van der Waals surface area (Å²) in [5.74, 6) is 1.57. The lowest BCUT2D eigenvalue weighted by molar-refractivity contribution is -0.137. The molecule has 25 heavy (non-hydrogen) atoms. The summed E-state index contributed by atoms with van der Waals surface area (Å²) in [6.45, 7) is 4.16. The maximum atomic E-state index is 12.7. The summed E-state index contributed by atoms with van der Waals surface area (Å²) in [6, 6.07) is 2.29. The van der Waals surface area contributed by atoms with Crippen LogP contribution in [0.2, 0.25) is 0 Å². The first-order valence-electron chi connectivity index (χ1n) is 8.37. The SMILES string of the molecule is CCn1ccnc1[C@H](Nc1ccc(C(F)(F)F)cn1)C1CCOCC1. The van der Waals surface area contributed by atoms with Gasteiger partial charge in [0.1, 0.15) is 11.6 Å². The molecular formula is C17H21F3N4O. The molecule has 0 unspecified atom stereocenters. The molecule has 1 fully saturated rings. The molecule has 2 aromatic heterocycles. The molecule has 136 valence electrons. The van der Waals surface area contributed by atoms with Crippen molar-refractivity contribution in [3.8, 4) is 0 Å². The number of aryl methyl sites for hydroxylation is 1. The molecule has 0 radical (unpaired) electrons. The Labute approximate surface area is 144 Å². The molecule has 1 N–H and O–H groups in total. The number of anilines is 1. The molecule has 0 amide bonds. The maximum Gasteiger partial charge on any atom is 0.417 e. The lowest BCUT2D eigenvalue weighted by atomic mass is 9.91. The lowest BCUT2D eigenvalue weighted by Crippen LogP contribution is -2.29. The van der Waals surface area contributed by atoms with Crippen molar-refractivity contribution in [2.24, 2.45) is 5.92 Å². The number of imidazole rings is 1. The van der Waals surface area contributed by atoms with E-state index in [4.69, 9.17) is 4.74 Å². The van der Waals surface area contributed by atoms with Crippen molar-refractivity contribution < 1.29 is 17.9 Å². The molecule has 1 aliphatic heterocycles. The molecule has 0 aliphatic carbocycles. The van der Waals surface area contributed by atoms with E-state index in [0.717, 1.165) is 37.5 Å². The number of aromatic nitrogens is 3. The largest absolute Gasteiger partial charge is 0.417 e. The van der Waals surface area contributed by atoms with E-state index in [1.807, 2.05) is 17.7 Å². The molecule has 0 aromatic carbocycles. The predicted octanol–water partition coefficient (Wildman–Crippen LogP) is 3.90. The Morgan fingerprint density at radius 1 is 1.28 bits per heavy atom. The topological polar surface area (TPSA) is 52.0 Å². The van der Waals surface area contributed by atoms with Crippen molar-refractivity contribution in [2.45, 2.75) is 38.5 Å². The fraction of sp³-hybridized carbons (Fsp3) is 0.529. The number of nitrogens with zero attached hydrogens (tertiary/aromatic N) is 3. The van der Waals surface area contributed by atoms with E-state index in [-0.39, 0.29) is 12.0 Å². The second kappa shape index (κ2) is 7.43. The fourth-order valence-electron chi connectivity index (χ4n) is 3.12. The third kappa shape index (κ3) is 4.12. The lowest BCUT2D eigenvalue weighted by Gasteiger charge is -2.31. The average molecular weight is 354 g/mol. The van der Waals surface area contributed by atoms with E-state index in [1.54, 1.807) is 6.20 Å². The Kier molecular flexibility index (Phi) is 5.27. The van der Waals surface area contributed by atoms with Gasteiger partial charge in [-0.05, 0) is 37.8 Å². The average Bonchev–Trinajstić information content (AvgIpc) is 3.08. The number of alkyl halides is 3. The van der Waals surface area contributed by atoms with Gasteiger partial charge in [-0.3, -0.25) is 0 Å². The van der Waals surface area contributed by atoms with Crippen LogP contribution < -0.4 is 5.32 Å². The van der Waals surface area contributed by atoms with Crippen LogP contribution in [0.1, 0.15) is 37.2 Å². The molecule has 0 spiro atoms. The quantitative estimate of drug-likeness (QED) is 0.885. The van der Waals surface area contributed by atoms with Gasteiger partial charge in [0.25, 0.3) is 0 Å². The zero-order valence-corrected chi connectivity index (χ0v) is 14.0. The molecule has 5 nitrogen and oxygen atoms in total. The summed E-state index contributed by atoms with van der Waals surface area (Å²) in [5.41, 5.74) is -0.754. The number of nitrogens with one attached hydrogen (secondary N) is 1. The highest BCUT2D eigenvalue weighted by Crippen LogP contribution is 2.33. The van der Waals surface area contributed by atoms with Gasteiger partial charge in [-0.15, -0.1) is 0 Å². The normalized spacial score (nSPS) is 17.4. The van der Waals surface area contributed by atoms with Crippen LogP contribution >= 0.6 is 0 Å². The van der Waals surface area contributed by atoms with E-state index >= 15 is 0 Å². The minimum absolute atomic E-state index is 0.122. The molecule has 8 heteroatoms. The number of hydrogen-bond donors (Lipinski definition) is 1. The van der Waals surface area contributed by atoms with Gasteiger partial charge in [0.05, 0.1) is 11.6 Å². The van der Waals surface area contributed by atoms with Gasteiger partial charge >= 0.3 is 6.18 Å². The molecule has 1 saturated heterocycles. The minimum Gasteiger partial charge on any atom is -0.381 e. The van der Waals surface area contributed by atoms with Crippen molar-refractivity contribution in [2.75, 3.05) is 18.5 Å². The second-order valence-electron chi connectivity index (χ2n) is 6.07. The van der Waals surface area contributed by atoms with Crippen LogP contribution in [0.15, 0.2) is 30.7 Å². The zero-order valence-electron chi connectivity index (χ0n) is 14.0. The Hall–Kier alpha value is -2.09. The third-order valence-corrected chi connectivity index (χ3v) is 4.50. The molecule has 2 aromatic rings. The molecule has 3 rings (SSSR count). The maximum absolute atomic E-state index is 12.7. The number of rotatable bonds is 5. The summed E-state index contributed by atoms with van der Waals surface area (Å²) >= 11 is 0. The fourth-order valence-corrected chi connectivity index (χ4v) is 3.12. The van der Waals surface area contributed by atoms with E-state index in [9.17, 15) is 13.2 Å². The Morgan fingerprint density at radius 3 is 2.64 bits per heavy atom. The van der Waals surface area contributed by atoms with Gasteiger partial charge < -0.3 is 14.6 Å². The van der Waals surface area contributed by atoms with Crippen LogP contribution in [0.4, 0.5) is 19.0 Å². The van der Waals surface area contributed by atoms with Crippen molar-refractivity contribution in [3.05, 3.63) is 42.1 Å². The van der Waals surface area contributed by atoms with Gasteiger partial charge in [0.15, 0.2) is 0 Å². The van der Waals surface area contributed by atoms with Gasteiger partial charge in [0.2, 0.25) is 0 Å². The summed E-state index contributed by atoms with van der Waals surface area (Å²) in [7, 11) is 0. The van der Waals surface area contributed by atoms with E-state index < -0.39 is 11.7 Å².